The zero-order valence-corrected chi connectivity index (χ0v) is 19.0. The molecule has 10 heteroatoms. The molecule has 0 saturated heterocycles. The van der Waals surface area contributed by atoms with Crippen LogP contribution in [-0.4, -0.2) is 46.7 Å². The van der Waals surface area contributed by atoms with Gasteiger partial charge in [-0.05, 0) is 19.1 Å². The molecule has 1 aromatic heterocycles. The Morgan fingerprint density at radius 2 is 1.84 bits per heavy atom. The maximum atomic E-state index is 12.8. The highest BCUT2D eigenvalue weighted by Gasteiger charge is 2.28. The molecular formula is C22H24N4O5S. The number of carbonyl (C=O) groups excluding carboxylic acids is 1. The number of ether oxygens (including phenoxy) is 4. The van der Waals surface area contributed by atoms with E-state index in [4.69, 9.17) is 18.9 Å². The number of hydrogen-bond acceptors (Lipinski definition) is 8. The maximum Gasteiger partial charge on any atom is 0.237 e. The van der Waals surface area contributed by atoms with Crippen molar-refractivity contribution in [2.24, 2.45) is 7.05 Å². The van der Waals surface area contributed by atoms with Crippen LogP contribution in [-0.2, 0) is 11.8 Å². The molecule has 0 bridgehead atoms. The number of thioether (sulfide) groups is 1. The second-order valence-electron chi connectivity index (χ2n) is 7.11. The first-order chi connectivity index (χ1) is 15.5. The molecule has 1 aliphatic heterocycles. The van der Waals surface area contributed by atoms with Crippen LogP contribution in [0.3, 0.4) is 0 Å². The van der Waals surface area contributed by atoms with E-state index in [-0.39, 0.29) is 12.0 Å². The van der Waals surface area contributed by atoms with Crippen molar-refractivity contribution >= 4 is 23.4 Å². The summed E-state index contributed by atoms with van der Waals surface area (Å²) < 4.78 is 24.1. The average Bonchev–Trinajstić information content (AvgIpc) is 3.18. The van der Waals surface area contributed by atoms with Crippen LogP contribution in [0.5, 0.6) is 23.0 Å². The minimum atomic E-state index is -0.424. The summed E-state index contributed by atoms with van der Waals surface area (Å²) in [6.45, 7) is 2.14. The number of benzene rings is 2. The summed E-state index contributed by atoms with van der Waals surface area (Å²) in [5.74, 6) is 3.01. The molecule has 1 amide bonds. The topological polar surface area (TPSA) is 96.7 Å². The number of nitrogens with one attached hydrogen (secondary N) is 1. The Balaban J connectivity index is 1.43. The molecular weight excluding hydrogens is 432 g/mol. The van der Waals surface area contributed by atoms with Crippen LogP contribution in [0.25, 0.3) is 0 Å². The molecule has 0 spiro atoms. The lowest BCUT2D eigenvalue weighted by Crippen LogP contribution is -2.25. The van der Waals surface area contributed by atoms with Crippen LogP contribution in [0.1, 0.15) is 18.9 Å². The van der Waals surface area contributed by atoms with Gasteiger partial charge < -0.3 is 28.8 Å². The van der Waals surface area contributed by atoms with Gasteiger partial charge in [-0.3, -0.25) is 4.79 Å². The molecule has 2 heterocycles. The third-order valence-corrected chi connectivity index (χ3v) is 6.07. The molecule has 3 aromatic rings. The molecule has 32 heavy (non-hydrogen) atoms. The van der Waals surface area contributed by atoms with E-state index in [0.29, 0.717) is 46.3 Å². The lowest BCUT2D eigenvalue weighted by Gasteiger charge is -2.25. The van der Waals surface area contributed by atoms with Crippen molar-refractivity contribution in [2.45, 2.75) is 23.4 Å². The van der Waals surface area contributed by atoms with Crippen molar-refractivity contribution in [2.75, 3.05) is 26.1 Å². The normalized spacial score (nSPS) is 15.7. The predicted octanol–water partition coefficient (Wildman–Crippen LogP) is 3.46. The summed E-state index contributed by atoms with van der Waals surface area (Å²) in [6.07, 6.45) is -0.384. The third-order valence-electron chi connectivity index (χ3n) is 4.94. The number of hydrogen-bond donors (Lipinski definition) is 1. The molecule has 0 radical (unpaired) electrons. The zero-order valence-electron chi connectivity index (χ0n) is 18.2. The zero-order chi connectivity index (χ0) is 22.7. The van der Waals surface area contributed by atoms with Gasteiger partial charge in [-0.25, -0.2) is 0 Å². The predicted molar refractivity (Wildman–Crippen MR) is 120 cm³/mol. The largest absolute Gasteiger partial charge is 0.497 e. The van der Waals surface area contributed by atoms with Gasteiger partial charge in [0.1, 0.15) is 18.1 Å². The number of fused-ring (bicyclic) bond motifs is 1. The van der Waals surface area contributed by atoms with E-state index in [1.807, 2.05) is 42.8 Å². The highest BCUT2D eigenvalue weighted by molar-refractivity contribution is 8.00. The van der Waals surface area contributed by atoms with Gasteiger partial charge in [0.05, 0.1) is 19.5 Å². The van der Waals surface area contributed by atoms with Gasteiger partial charge in [0.25, 0.3) is 0 Å². The number of carbonyl (C=O) groups is 1. The highest BCUT2D eigenvalue weighted by atomic mass is 32.2. The fourth-order valence-electron chi connectivity index (χ4n) is 3.19. The van der Waals surface area contributed by atoms with E-state index in [1.165, 1.54) is 11.8 Å². The molecule has 0 fully saturated rings. The first-order valence-corrected chi connectivity index (χ1v) is 10.8. The molecule has 1 aliphatic rings. The van der Waals surface area contributed by atoms with Crippen molar-refractivity contribution in [3.8, 4) is 23.0 Å². The van der Waals surface area contributed by atoms with E-state index in [1.54, 1.807) is 32.4 Å². The monoisotopic (exact) mass is 456 g/mol. The van der Waals surface area contributed by atoms with Crippen LogP contribution >= 0.6 is 11.8 Å². The number of para-hydroxylation sites is 2. The van der Waals surface area contributed by atoms with E-state index in [9.17, 15) is 4.79 Å². The number of nitrogens with zero attached hydrogens (tertiary/aromatic N) is 3. The summed E-state index contributed by atoms with van der Waals surface area (Å²) in [7, 11) is 4.97. The second-order valence-corrected chi connectivity index (χ2v) is 8.42. The van der Waals surface area contributed by atoms with Crippen LogP contribution in [0.15, 0.2) is 47.6 Å². The van der Waals surface area contributed by atoms with Crippen molar-refractivity contribution < 1.29 is 23.7 Å². The molecule has 0 saturated carbocycles. The number of aromatic nitrogens is 3. The van der Waals surface area contributed by atoms with Crippen LogP contribution in [0.4, 0.5) is 5.69 Å². The third kappa shape index (κ3) is 4.59. The minimum absolute atomic E-state index is 0.180. The van der Waals surface area contributed by atoms with Gasteiger partial charge in [-0.15, -0.1) is 10.2 Å². The van der Waals surface area contributed by atoms with Gasteiger partial charge in [-0.1, -0.05) is 23.9 Å². The fraction of sp³-hybridized carbons (Fsp3) is 0.318. The van der Waals surface area contributed by atoms with Gasteiger partial charge in [0, 0.05) is 30.9 Å². The van der Waals surface area contributed by atoms with Crippen LogP contribution in [0, 0.1) is 0 Å². The lowest BCUT2D eigenvalue weighted by atomic mass is 10.2. The smallest absolute Gasteiger partial charge is 0.237 e. The number of methoxy groups -OCH3 is 2. The molecule has 1 N–H and O–H groups in total. The first-order valence-electron chi connectivity index (χ1n) is 9.97. The molecule has 168 valence electrons. The van der Waals surface area contributed by atoms with Crippen molar-refractivity contribution in [1.29, 1.82) is 0 Å². The molecule has 2 unspecified atom stereocenters. The summed E-state index contributed by atoms with van der Waals surface area (Å²) >= 11 is 1.31. The van der Waals surface area contributed by atoms with E-state index in [2.05, 4.69) is 15.5 Å². The Labute approximate surface area is 190 Å². The van der Waals surface area contributed by atoms with Gasteiger partial charge >= 0.3 is 0 Å². The molecule has 0 aliphatic carbocycles. The second kappa shape index (κ2) is 9.39. The van der Waals surface area contributed by atoms with Crippen molar-refractivity contribution in [3.05, 3.63) is 48.3 Å². The Kier molecular flexibility index (Phi) is 6.40. The van der Waals surface area contributed by atoms with Crippen LogP contribution in [0.2, 0.25) is 0 Å². The Bertz CT molecular complexity index is 1100. The minimum Gasteiger partial charge on any atom is -0.497 e. The SMILES string of the molecule is COc1cc(NC(=O)C(C)Sc2nnc(C3COc4ccccc4O3)n2C)cc(OC)c1. The lowest BCUT2D eigenvalue weighted by molar-refractivity contribution is -0.115. The highest BCUT2D eigenvalue weighted by Crippen LogP contribution is 2.36. The quantitative estimate of drug-likeness (QED) is 0.540. The van der Waals surface area contributed by atoms with Gasteiger partial charge in [0.15, 0.2) is 28.6 Å². The van der Waals surface area contributed by atoms with Crippen molar-refractivity contribution in [3.63, 3.8) is 0 Å². The Hall–Kier alpha value is -3.40. The number of amides is 1. The number of anilines is 1. The van der Waals surface area contributed by atoms with E-state index >= 15 is 0 Å². The molecule has 9 nitrogen and oxygen atoms in total. The standard InChI is InChI=1S/C22H24N4O5S/c1-13(21(27)23-14-9-15(28-3)11-16(10-14)29-4)32-22-25-24-20(26(22)2)19-12-30-17-7-5-6-8-18(17)31-19/h5-11,13,19H,12H2,1-4H3,(H,23,27). The Morgan fingerprint density at radius 3 is 2.53 bits per heavy atom. The van der Waals surface area contributed by atoms with E-state index in [0.717, 1.165) is 0 Å². The van der Waals surface area contributed by atoms with Crippen LogP contribution < -0.4 is 24.3 Å². The first kappa shape index (κ1) is 21.8. The van der Waals surface area contributed by atoms with Gasteiger partial charge in [-0.2, -0.15) is 0 Å². The van der Waals surface area contributed by atoms with E-state index < -0.39 is 5.25 Å². The van der Waals surface area contributed by atoms with Gasteiger partial charge in [0.2, 0.25) is 5.91 Å². The molecule has 4 rings (SSSR count). The summed E-state index contributed by atoms with van der Waals surface area (Å²) in [5, 5.41) is 11.6. The molecule has 2 aromatic carbocycles. The fourth-order valence-corrected chi connectivity index (χ4v) is 4.01. The number of rotatable bonds is 7. The maximum absolute atomic E-state index is 12.8. The van der Waals surface area contributed by atoms with Crippen molar-refractivity contribution in [1.82, 2.24) is 14.8 Å². The molecule has 2 atom stereocenters. The summed E-state index contributed by atoms with van der Waals surface area (Å²) in [5.41, 5.74) is 0.587. The summed E-state index contributed by atoms with van der Waals surface area (Å²) in [6, 6.07) is 12.7. The average molecular weight is 457 g/mol. The Morgan fingerprint density at radius 1 is 1.16 bits per heavy atom. The summed E-state index contributed by atoms with van der Waals surface area (Å²) in [4.78, 5) is 12.8.